The zero-order valence-electron chi connectivity index (χ0n) is 21.4. The zero-order chi connectivity index (χ0) is 27.4. The molecule has 7 nitrogen and oxygen atoms in total. The molecule has 9 heteroatoms. The highest BCUT2D eigenvalue weighted by Crippen LogP contribution is 2.25. The van der Waals surface area contributed by atoms with E-state index in [1.807, 2.05) is 30.3 Å². The lowest BCUT2D eigenvalue weighted by atomic mass is 10.1. The van der Waals surface area contributed by atoms with Crippen molar-refractivity contribution in [3.63, 3.8) is 0 Å². The number of imidazole rings is 1. The highest BCUT2D eigenvalue weighted by Gasteiger charge is 2.27. The largest absolute Gasteiger partial charge is 0.376 e. The van der Waals surface area contributed by atoms with Gasteiger partial charge in [-0.05, 0) is 49.6 Å². The summed E-state index contributed by atoms with van der Waals surface area (Å²) in [4.78, 5) is 32.5. The van der Waals surface area contributed by atoms with Gasteiger partial charge in [-0.2, -0.15) is 0 Å². The Labute approximate surface area is 225 Å². The summed E-state index contributed by atoms with van der Waals surface area (Å²) >= 11 is 0. The molecule has 2 heterocycles. The predicted molar refractivity (Wildman–Crippen MR) is 144 cm³/mol. The Kier molecular flexibility index (Phi) is 7.79. The molecule has 1 N–H and O–H groups in total. The normalized spacial score (nSPS) is 14.8. The molecule has 1 atom stereocenters. The van der Waals surface area contributed by atoms with Crippen LogP contribution in [0.1, 0.15) is 28.8 Å². The number of benzene rings is 3. The lowest BCUT2D eigenvalue weighted by molar-refractivity contribution is -0.117. The number of rotatable bonds is 8. The number of carbonyl (C=O) groups excluding carboxylic acids is 2. The van der Waals surface area contributed by atoms with Crippen molar-refractivity contribution in [2.75, 3.05) is 25.0 Å². The minimum Gasteiger partial charge on any atom is -0.376 e. The van der Waals surface area contributed by atoms with Crippen LogP contribution in [0.5, 0.6) is 0 Å². The van der Waals surface area contributed by atoms with Crippen LogP contribution in [-0.2, 0) is 9.53 Å². The molecule has 200 valence electrons. The molecule has 0 saturated carbocycles. The fraction of sp³-hybridized carbons (Fsp3) is 0.233. The summed E-state index contributed by atoms with van der Waals surface area (Å²) in [6, 6.07) is 19.8. The maximum Gasteiger partial charge on any atom is 0.257 e. The molecular weight excluding hydrogens is 502 g/mol. The van der Waals surface area contributed by atoms with Crippen LogP contribution in [0, 0.1) is 18.6 Å². The summed E-state index contributed by atoms with van der Waals surface area (Å²) in [6.07, 6.45) is 3.07. The van der Waals surface area contributed by atoms with Crippen LogP contribution >= 0.6 is 0 Å². The van der Waals surface area contributed by atoms with Crippen LogP contribution in [0.25, 0.3) is 16.9 Å². The van der Waals surface area contributed by atoms with Crippen molar-refractivity contribution < 1.29 is 23.1 Å². The molecule has 39 heavy (non-hydrogen) atoms. The van der Waals surface area contributed by atoms with Gasteiger partial charge >= 0.3 is 0 Å². The van der Waals surface area contributed by atoms with E-state index in [1.54, 1.807) is 35.9 Å². The first-order chi connectivity index (χ1) is 18.9. The quantitative estimate of drug-likeness (QED) is 0.332. The Morgan fingerprint density at radius 2 is 1.82 bits per heavy atom. The van der Waals surface area contributed by atoms with Gasteiger partial charge < -0.3 is 9.64 Å². The first-order valence-corrected chi connectivity index (χ1v) is 12.8. The molecule has 0 bridgehead atoms. The number of nitrogens with one attached hydrogen (secondary N) is 1. The number of aromatic nitrogens is 2. The molecule has 1 aliphatic rings. The molecule has 0 spiro atoms. The highest BCUT2D eigenvalue weighted by molar-refractivity contribution is 5.99. The van der Waals surface area contributed by atoms with E-state index >= 15 is 0 Å². The number of halogens is 2. The lowest BCUT2D eigenvalue weighted by Crippen LogP contribution is -2.42. The van der Waals surface area contributed by atoms with Gasteiger partial charge in [0.25, 0.3) is 5.91 Å². The van der Waals surface area contributed by atoms with Gasteiger partial charge in [-0.25, -0.2) is 13.8 Å². The molecule has 1 aromatic heterocycles. The van der Waals surface area contributed by atoms with Crippen LogP contribution in [0.3, 0.4) is 0 Å². The topological polar surface area (TPSA) is 76.5 Å². The van der Waals surface area contributed by atoms with Crippen LogP contribution < -0.4 is 5.32 Å². The summed E-state index contributed by atoms with van der Waals surface area (Å²) in [5, 5.41) is 2.77. The van der Waals surface area contributed by atoms with E-state index in [2.05, 4.69) is 10.3 Å². The first-order valence-electron chi connectivity index (χ1n) is 12.8. The van der Waals surface area contributed by atoms with Gasteiger partial charge in [-0.1, -0.05) is 48.5 Å². The average Bonchev–Trinajstić information content (AvgIpc) is 3.60. The number of amides is 2. The molecule has 2 amide bonds. The van der Waals surface area contributed by atoms with Gasteiger partial charge in [0.2, 0.25) is 11.9 Å². The van der Waals surface area contributed by atoms with Gasteiger partial charge in [0.05, 0.1) is 23.0 Å². The van der Waals surface area contributed by atoms with Gasteiger partial charge in [-0.3, -0.25) is 19.5 Å². The Morgan fingerprint density at radius 3 is 2.54 bits per heavy atom. The summed E-state index contributed by atoms with van der Waals surface area (Å²) in [7, 11) is 0. The summed E-state index contributed by atoms with van der Waals surface area (Å²) in [5.41, 5.74) is 2.23. The minimum absolute atomic E-state index is 0.119. The van der Waals surface area contributed by atoms with Crippen LogP contribution in [0.15, 0.2) is 79.0 Å². The molecule has 0 aliphatic carbocycles. The molecule has 4 aromatic rings. The van der Waals surface area contributed by atoms with Crippen molar-refractivity contribution in [2.45, 2.75) is 25.9 Å². The van der Waals surface area contributed by atoms with Crippen molar-refractivity contribution >= 4 is 17.8 Å². The maximum absolute atomic E-state index is 14.4. The number of hydrogen-bond acceptors (Lipinski definition) is 4. The first kappa shape index (κ1) is 26.2. The Balaban J connectivity index is 1.43. The lowest BCUT2D eigenvalue weighted by Gasteiger charge is -2.25. The van der Waals surface area contributed by atoms with Crippen molar-refractivity contribution in [1.29, 1.82) is 0 Å². The number of aryl methyl sites for hydroxylation is 1. The Morgan fingerprint density at radius 1 is 1.05 bits per heavy atom. The highest BCUT2D eigenvalue weighted by atomic mass is 19.1. The van der Waals surface area contributed by atoms with Crippen molar-refractivity contribution in [1.82, 2.24) is 14.5 Å². The molecule has 1 aliphatic heterocycles. The second-order valence-electron chi connectivity index (χ2n) is 9.47. The smallest absolute Gasteiger partial charge is 0.257 e. The molecule has 3 aromatic carbocycles. The third kappa shape index (κ3) is 6.04. The van der Waals surface area contributed by atoms with Crippen LogP contribution in [-0.4, -0.2) is 52.1 Å². The van der Waals surface area contributed by atoms with E-state index in [1.165, 1.54) is 29.2 Å². The summed E-state index contributed by atoms with van der Waals surface area (Å²) in [5.74, 6) is -2.02. The molecule has 0 radical (unpaired) electrons. The second kappa shape index (κ2) is 11.6. The predicted octanol–water partition coefficient (Wildman–Crippen LogP) is 5.39. The maximum atomic E-state index is 14.4. The summed E-state index contributed by atoms with van der Waals surface area (Å²) in [6.45, 7) is 2.04. The van der Waals surface area contributed by atoms with Crippen molar-refractivity contribution in [2.24, 2.45) is 0 Å². The number of ether oxygens (including phenoxy) is 1. The second-order valence-corrected chi connectivity index (χ2v) is 9.47. The number of anilines is 1. The standard InChI is InChI=1S/C30H28F2N4O3/c1-20-13-14-22(16-26(20)32)36-18-27(21-8-3-2-4-9-21)33-30(36)34-28(37)19-35(17-23-10-7-15-39-23)29(38)24-11-5-6-12-25(24)31/h2-6,8-9,11-14,16,18,23H,7,10,15,17,19H2,1H3,(H,33,34,37)/t23-/m1/s1. The Bertz CT molecular complexity index is 1480. The number of hydrogen-bond donors (Lipinski definition) is 1. The molecule has 1 fully saturated rings. The van der Waals surface area contributed by atoms with E-state index in [0.29, 0.717) is 23.6 Å². The van der Waals surface area contributed by atoms with Crippen molar-refractivity contribution in [3.05, 3.63) is 102 Å². The average molecular weight is 531 g/mol. The molecule has 5 rings (SSSR count). The fourth-order valence-corrected chi connectivity index (χ4v) is 4.54. The number of carbonyl (C=O) groups is 2. The third-order valence-electron chi connectivity index (χ3n) is 6.63. The zero-order valence-corrected chi connectivity index (χ0v) is 21.4. The van der Waals surface area contributed by atoms with E-state index < -0.39 is 23.4 Å². The molecular formula is C30H28F2N4O3. The molecule has 1 saturated heterocycles. The van der Waals surface area contributed by atoms with Crippen molar-refractivity contribution in [3.8, 4) is 16.9 Å². The van der Waals surface area contributed by atoms with Gasteiger partial charge in [0.15, 0.2) is 0 Å². The minimum atomic E-state index is -0.662. The number of nitrogens with zero attached hydrogens (tertiary/aromatic N) is 3. The SMILES string of the molecule is Cc1ccc(-n2cc(-c3ccccc3)nc2NC(=O)CN(C[C@H]2CCCO2)C(=O)c2ccccc2F)cc1F. The fourth-order valence-electron chi connectivity index (χ4n) is 4.54. The van der Waals surface area contributed by atoms with E-state index in [4.69, 9.17) is 4.74 Å². The van der Waals surface area contributed by atoms with E-state index in [9.17, 15) is 18.4 Å². The van der Waals surface area contributed by atoms with Crippen LogP contribution in [0.2, 0.25) is 0 Å². The molecule has 0 unspecified atom stereocenters. The third-order valence-corrected chi connectivity index (χ3v) is 6.63. The van der Waals surface area contributed by atoms with Crippen LogP contribution in [0.4, 0.5) is 14.7 Å². The monoisotopic (exact) mass is 530 g/mol. The van der Waals surface area contributed by atoms with Gasteiger partial charge in [0.1, 0.15) is 18.2 Å². The Hall–Kier alpha value is -4.37. The van der Waals surface area contributed by atoms with Gasteiger partial charge in [-0.15, -0.1) is 0 Å². The van der Waals surface area contributed by atoms with E-state index in [-0.39, 0.29) is 30.7 Å². The van der Waals surface area contributed by atoms with E-state index in [0.717, 1.165) is 18.4 Å². The van der Waals surface area contributed by atoms with Gasteiger partial charge in [0, 0.05) is 24.9 Å². The summed E-state index contributed by atoms with van der Waals surface area (Å²) < 4.78 is 36.1.